The number of hydrogen-bond donors (Lipinski definition) is 4. The predicted molar refractivity (Wildman–Crippen MR) is 185 cm³/mol. The van der Waals surface area contributed by atoms with E-state index in [0.717, 1.165) is 35.8 Å². The van der Waals surface area contributed by atoms with Gasteiger partial charge < -0.3 is 54.6 Å². The van der Waals surface area contributed by atoms with Gasteiger partial charge in [0.1, 0.15) is 22.2 Å². The first-order valence-electron chi connectivity index (χ1n) is 14.9. The normalized spacial score (nSPS) is 12.5. The number of urea groups is 1. The van der Waals surface area contributed by atoms with Crippen LogP contribution in [0.3, 0.4) is 0 Å². The first-order chi connectivity index (χ1) is 23.4. The van der Waals surface area contributed by atoms with Crippen LogP contribution >= 0.6 is 11.6 Å². The number of carbonyl (C=O) groups excluding carboxylic acids is 1. The maximum atomic E-state index is 12.8. The Bertz CT molecular complexity index is 1710. The molecule has 0 saturated carbocycles. The van der Waals surface area contributed by atoms with E-state index < -0.39 is 6.03 Å². The highest BCUT2D eigenvalue weighted by molar-refractivity contribution is 6.33. The number of nitrogens with zero attached hydrogens (tertiary/aromatic N) is 3. The number of para-hydroxylation sites is 1. The van der Waals surface area contributed by atoms with Crippen molar-refractivity contribution in [1.29, 1.82) is 0 Å². The predicted octanol–water partition coefficient (Wildman–Crippen LogP) is 5.82. The van der Waals surface area contributed by atoms with Crippen molar-refractivity contribution in [3.05, 3.63) is 65.3 Å². The van der Waals surface area contributed by atoms with E-state index in [0.29, 0.717) is 58.4 Å². The number of benzene rings is 3. The Morgan fingerprint density at radius 2 is 1.56 bits per heavy atom. The zero-order valence-electron chi connectivity index (χ0n) is 27.3. The van der Waals surface area contributed by atoms with Crippen molar-refractivity contribution < 1.29 is 33.2 Å². The Morgan fingerprint density at radius 3 is 2.23 bits per heavy atom. The van der Waals surface area contributed by atoms with E-state index >= 15 is 0 Å². The molecule has 3 aromatic carbocycles. The van der Waals surface area contributed by atoms with Crippen molar-refractivity contribution in [1.82, 2.24) is 15.3 Å². The number of hydrogen-bond acceptors (Lipinski definition) is 12. The smallest absolute Gasteiger partial charge is 0.319 e. The number of aromatic nitrogens is 2. The van der Waals surface area contributed by atoms with Crippen molar-refractivity contribution in [2.24, 2.45) is 0 Å². The van der Waals surface area contributed by atoms with Crippen LogP contribution in [0.2, 0.25) is 5.02 Å². The average molecular weight is 680 g/mol. The molecule has 1 aromatic heterocycles. The van der Waals surface area contributed by atoms with Crippen molar-refractivity contribution in [3.8, 4) is 28.7 Å². The van der Waals surface area contributed by atoms with Gasteiger partial charge in [-0.1, -0.05) is 17.7 Å². The molecule has 48 heavy (non-hydrogen) atoms. The molecule has 0 bridgehead atoms. The summed E-state index contributed by atoms with van der Waals surface area (Å²) < 4.78 is 33.0. The molecule has 254 valence electrons. The second-order valence-corrected chi connectivity index (χ2v) is 10.8. The van der Waals surface area contributed by atoms with Crippen LogP contribution in [0.25, 0.3) is 0 Å². The van der Waals surface area contributed by atoms with E-state index in [2.05, 4.69) is 36.1 Å². The van der Waals surface area contributed by atoms with Gasteiger partial charge in [-0.2, -0.15) is 4.98 Å². The molecule has 0 atom stereocenters. The summed E-state index contributed by atoms with van der Waals surface area (Å²) >= 11 is 6.53. The highest BCUT2D eigenvalue weighted by Crippen LogP contribution is 2.40. The van der Waals surface area contributed by atoms with Crippen LogP contribution in [0.4, 0.5) is 39.3 Å². The Morgan fingerprint density at radius 1 is 0.854 bits per heavy atom. The molecule has 15 heteroatoms. The summed E-state index contributed by atoms with van der Waals surface area (Å²) in [5.74, 6) is 3.31. The van der Waals surface area contributed by atoms with Crippen molar-refractivity contribution in [3.63, 3.8) is 0 Å². The molecule has 14 nitrogen and oxygen atoms in total. The van der Waals surface area contributed by atoms with Gasteiger partial charge in [-0.25, -0.2) is 9.78 Å². The number of morpholine rings is 1. The van der Waals surface area contributed by atoms with Crippen molar-refractivity contribution >= 4 is 52.1 Å². The molecule has 2 heterocycles. The molecule has 2 amide bonds. The van der Waals surface area contributed by atoms with E-state index in [1.54, 1.807) is 37.4 Å². The van der Waals surface area contributed by atoms with Crippen LogP contribution in [0.1, 0.15) is 5.56 Å². The molecular formula is C33H38ClN7O7. The minimum absolute atomic E-state index is 0.216. The Hall–Kier alpha value is -5.34. The topological polar surface area (TPSA) is 150 Å². The molecule has 1 fully saturated rings. The highest BCUT2D eigenvalue weighted by atomic mass is 35.5. The summed E-state index contributed by atoms with van der Waals surface area (Å²) in [5.41, 5.74) is 3.51. The monoisotopic (exact) mass is 679 g/mol. The minimum atomic E-state index is -0.419. The summed E-state index contributed by atoms with van der Waals surface area (Å²) in [6.45, 7) is 2.90. The standard InChI is InChI=1S/C33H38ClN7O7/c1-43-25-8-6-7-24(29(25)41-11-13-48-14-12-41)38-31-22(34)19-35-32(40-31)39-23-10-9-21(17-26(23)44-2)37-33(42)36-18-20-15-27(45-3)30(47-5)28(16-20)46-4/h6-10,15-17,19H,11-14,18H2,1-5H3,(H2,36,37,42)(H2,35,38,39,40). The maximum absolute atomic E-state index is 12.8. The maximum Gasteiger partial charge on any atom is 0.319 e. The molecule has 0 radical (unpaired) electrons. The molecule has 4 N–H and O–H groups in total. The van der Waals surface area contributed by atoms with Crippen molar-refractivity contribution in [2.45, 2.75) is 6.54 Å². The van der Waals surface area contributed by atoms with E-state index in [-0.39, 0.29) is 12.5 Å². The second kappa shape index (κ2) is 16.0. The van der Waals surface area contributed by atoms with E-state index in [9.17, 15) is 4.79 Å². The Labute approximate surface area is 283 Å². The third-order valence-electron chi connectivity index (χ3n) is 7.43. The SMILES string of the molecule is COc1cc(NC(=O)NCc2cc(OC)c(OC)c(OC)c2)ccc1Nc1ncc(Cl)c(Nc2cccc(OC)c2N2CCOCC2)n1. The lowest BCUT2D eigenvalue weighted by Gasteiger charge is -2.31. The zero-order valence-corrected chi connectivity index (χ0v) is 28.1. The highest BCUT2D eigenvalue weighted by Gasteiger charge is 2.21. The number of nitrogens with one attached hydrogen (secondary N) is 4. The summed E-state index contributed by atoms with van der Waals surface area (Å²) in [7, 11) is 7.77. The first-order valence-corrected chi connectivity index (χ1v) is 15.3. The Kier molecular flexibility index (Phi) is 11.3. The van der Waals surface area contributed by atoms with Gasteiger partial charge in [-0.3, -0.25) is 0 Å². The van der Waals surface area contributed by atoms with Crippen LogP contribution in [-0.4, -0.2) is 77.9 Å². The molecule has 1 aliphatic heterocycles. The van der Waals surface area contributed by atoms with Gasteiger partial charge in [-0.15, -0.1) is 0 Å². The second-order valence-electron chi connectivity index (χ2n) is 10.4. The third kappa shape index (κ3) is 7.96. The quantitative estimate of drug-likeness (QED) is 0.135. The van der Waals surface area contributed by atoms with Crippen LogP contribution in [-0.2, 0) is 11.3 Å². The average Bonchev–Trinajstić information content (AvgIpc) is 3.12. The van der Waals surface area contributed by atoms with E-state index in [4.69, 9.17) is 40.0 Å². The van der Waals surface area contributed by atoms with Crippen LogP contribution in [0.15, 0.2) is 54.7 Å². The minimum Gasteiger partial charge on any atom is -0.495 e. The van der Waals surface area contributed by atoms with Gasteiger partial charge in [0.05, 0.1) is 66.3 Å². The summed E-state index contributed by atoms with van der Waals surface area (Å²) in [4.78, 5) is 23.9. The fourth-order valence-corrected chi connectivity index (χ4v) is 5.27. The van der Waals surface area contributed by atoms with Gasteiger partial charge in [0.2, 0.25) is 11.7 Å². The van der Waals surface area contributed by atoms with Gasteiger partial charge in [0, 0.05) is 31.4 Å². The van der Waals surface area contributed by atoms with Gasteiger partial charge in [0.15, 0.2) is 17.3 Å². The van der Waals surface area contributed by atoms with Gasteiger partial charge in [-0.05, 0) is 42.0 Å². The zero-order chi connectivity index (χ0) is 34.0. The van der Waals surface area contributed by atoms with E-state index in [1.807, 2.05) is 18.2 Å². The van der Waals surface area contributed by atoms with Crippen LogP contribution in [0, 0.1) is 0 Å². The van der Waals surface area contributed by atoms with Crippen LogP contribution in [0.5, 0.6) is 28.7 Å². The fourth-order valence-electron chi connectivity index (χ4n) is 5.13. The lowest BCUT2D eigenvalue weighted by Crippen LogP contribution is -2.36. The molecule has 0 unspecified atom stereocenters. The fraction of sp³-hybridized carbons (Fsp3) is 0.303. The lowest BCUT2D eigenvalue weighted by molar-refractivity contribution is 0.122. The number of halogens is 1. The summed E-state index contributed by atoms with van der Waals surface area (Å²) in [6, 6.07) is 14.0. The van der Waals surface area contributed by atoms with Crippen LogP contribution < -0.4 is 49.9 Å². The molecule has 1 aliphatic rings. The summed E-state index contributed by atoms with van der Waals surface area (Å²) in [5, 5.41) is 12.5. The first kappa shape index (κ1) is 34.0. The number of rotatable bonds is 13. The number of methoxy groups -OCH3 is 5. The molecule has 4 aromatic rings. The third-order valence-corrected chi connectivity index (χ3v) is 7.70. The molecule has 0 aliphatic carbocycles. The number of amides is 2. The van der Waals surface area contributed by atoms with Crippen molar-refractivity contribution in [2.75, 3.05) is 82.7 Å². The number of anilines is 6. The largest absolute Gasteiger partial charge is 0.495 e. The summed E-state index contributed by atoms with van der Waals surface area (Å²) in [6.07, 6.45) is 1.51. The lowest BCUT2D eigenvalue weighted by atomic mass is 10.2. The molecule has 5 rings (SSSR count). The number of carbonyl (C=O) groups is 1. The Balaban J connectivity index is 1.27. The molecule has 0 spiro atoms. The molecule has 1 saturated heterocycles. The van der Waals surface area contributed by atoms with Gasteiger partial charge >= 0.3 is 6.03 Å². The van der Waals surface area contributed by atoms with Gasteiger partial charge in [0.25, 0.3) is 0 Å². The number of ether oxygens (including phenoxy) is 6. The van der Waals surface area contributed by atoms with E-state index in [1.165, 1.54) is 34.6 Å². The molecular weight excluding hydrogens is 642 g/mol.